The number of aromatic nitrogens is 3. The Bertz CT molecular complexity index is 688. The molecule has 2 aromatic carbocycles. The van der Waals surface area contributed by atoms with Crippen molar-refractivity contribution in [1.82, 2.24) is 15.0 Å². The first-order chi connectivity index (χ1) is 8.25. The van der Waals surface area contributed by atoms with Crippen LogP contribution in [0.4, 0.5) is 0 Å². The van der Waals surface area contributed by atoms with E-state index in [2.05, 4.69) is 10.3 Å². The highest BCUT2D eigenvalue weighted by atomic mass is 16.3. The fraction of sp³-hybridized carbons (Fsp3) is 0.0769. The van der Waals surface area contributed by atoms with Gasteiger partial charge in [-0.25, -0.2) is 4.68 Å². The van der Waals surface area contributed by atoms with Crippen LogP contribution in [-0.4, -0.2) is 20.1 Å². The third-order valence-corrected chi connectivity index (χ3v) is 2.78. The lowest BCUT2D eigenvalue weighted by atomic mass is 10.2. The largest absolute Gasteiger partial charge is 0.508 e. The topological polar surface area (TPSA) is 50.9 Å². The number of hydrogen-bond donors (Lipinski definition) is 1. The molecule has 3 rings (SSSR count). The van der Waals surface area contributed by atoms with Gasteiger partial charge in [0.25, 0.3) is 0 Å². The van der Waals surface area contributed by atoms with E-state index in [9.17, 15) is 5.11 Å². The molecule has 0 spiro atoms. The minimum Gasteiger partial charge on any atom is -0.508 e. The van der Waals surface area contributed by atoms with E-state index in [4.69, 9.17) is 0 Å². The number of nitrogens with zero attached hydrogens (tertiary/aromatic N) is 3. The normalized spacial score (nSPS) is 10.9. The van der Waals surface area contributed by atoms with Gasteiger partial charge in [0.1, 0.15) is 11.3 Å². The average Bonchev–Trinajstić information content (AvgIpc) is 2.76. The van der Waals surface area contributed by atoms with Gasteiger partial charge in [-0.2, -0.15) is 0 Å². The maximum absolute atomic E-state index is 9.51. The second kappa shape index (κ2) is 3.59. The molecule has 0 atom stereocenters. The molecule has 84 valence electrons. The van der Waals surface area contributed by atoms with Crippen LogP contribution in [0.1, 0.15) is 5.56 Å². The number of phenolic OH excluding ortho intramolecular Hbond substituents is 1. The van der Waals surface area contributed by atoms with E-state index >= 15 is 0 Å². The molecular weight excluding hydrogens is 214 g/mol. The molecule has 1 N–H and O–H groups in total. The number of para-hydroxylation sites is 1. The Morgan fingerprint density at radius 2 is 1.94 bits per heavy atom. The molecule has 17 heavy (non-hydrogen) atoms. The number of benzene rings is 2. The van der Waals surface area contributed by atoms with Gasteiger partial charge in [0, 0.05) is 0 Å². The molecule has 0 aliphatic heterocycles. The maximum atomic E-state index is 9.51. The summed E-state index contributed by atoms with van der Waals surface area (Å²) >= 11 is 0. The lowest BCUT2D eigenvalue weighted by molar-refractivity contribution is 0.471. The van der Waals surface area contributed by atoms with Crippen molar-refractivity contribution in [3.63, 3.8) is 0 Å². The average molecular weight is 225 g/mol. The number of phenols is 1. The van der Waals surface area contributed by atoms with Crippen LogP contribution in [0.25, 0.3) is 16.7 Å². The number of fused-ring (bicyclic) bond motifs is 1. The molecule has 4 heteroatoms. The monoisotopic (exact) mass is 225 g/mol. The molecule has 0 unspecified atom stereocenters. The van der Waals surface area contributed by atoms with E-state index in [0.29, 0.717) is 0 Å². The smallest absolute Gasteiger partial charge is 0.118 e. The molecule has 0 aliphatic carbocycles. The van der Waals surface area contributed by atoms with Crippen molar-refractivity contribution in [2.75, 3.05) is 0 Å². The van der Waals surface area contributed by atoms with E-state index in [-0.39, 0.29) is 5.75 Å². The fourth-order valence-corrected chi connectivity index (χ4v) is 1.83. The van der Waals surface area contributed by atoms with Crippen molar-refractivity contribution >= 4 is 11.0 Å². The Morgan fingerprint density at radius 3 is 2.76 bits per heavy atom. The molecular formula is C13H11N3O. The van der Waals surface area contributed by atoms with Gasteiger partial charge >= 0.3 is 0 Å². The summed E-state index contributed by atoms with van der Waals surface area (Å²) in [5.41, 5.74) is 3.53. The first-order valence-electron chi connectivity index (χ1n) is 5.36. The third-order valence-electron chi connectivity index (χ3n) is 2.78. The molecule has 1 heterocycles. The SMILES string of the molecule is Cc1cc(-n2nnc3ccccc32)ccc1O. The molecule has 4 nitrogen and oxygen atoms in total. The number of rotatable bonds is 1. The van der Waals surface area contributed by atoms with Crippen molar-refractivity contribution < 1.29 is 5.11 Å². The summed E-state index contributed by atoms with van der Waals surface area (Å²) in [6.45, 7) is 1.86. The van der Waals surface area contributed by atoms with E-state index in [1.54, 1.807) is 10.7 Å². The van der Waals surface area contributed by atoms with Crippen LogP contribution < -0.4 is 0 Å². The maximum Gasteiger partial charge on any atom is 0.118 e. The van der Waals surface area contributed by atoms with Gasteiger partial charge in [-0.05, 0) is 42.8 Å². The first kappa shape index (κ1) is 9.84. The van der Waals surface area contributed by atoms with Crippen LogP contribution in [-0.2, 0) is 0 Å². The molecule has 0 radical (unpaired) electrons. The fourth-order valence-electron chi connectivity index (χ4n) is 1.83. The highest BCUT2D eigenvalue weighted by Crippen LogP contribution is 2.21. The minimum absolute atomic E-state index is 0.290. The predicted molar refractivity (Wildman–Crippen MR) is 65.3 cm³/mol. The van der Waals surface area contributed by atoms with Gasteiger partial charge < -0.3 is 5.11 Å². The Balaban J connectivity index is 2.24. The second-order valence-corrected chi connectivity index (χ2v) is 3.96. The Kier molecular flexibility index (Phi) is 2.08. The molecule has 0 saturated heterocycles. The van der Waals surface area contributed by atoms with Gasteiger partial charge in [0.15, 0.2) is 0 Å². The number of hydrogen-bond acceptors (Lipinski definition) is 3. The summed E-state index contributed by atoms with van der Waals surface area (Å²) in [4.78, 5) is 0. The summed E-state index contributed by atoms with van der Waals surface area (Å²) in [5.74, 6) is 0.290. The van der Waals surface area contributed by atoms with Crippen LogP contribution >= 0.6 is 0 Å². The van der Waals surface area contributed by atoms with E-state index in [0.717, 1.165) is 22.3 Å². The summed E-state index contributed by atoms with van der Waals surface area (Å²) in [6, 6.07) is 13.2. The van der Waals surface area contributed by atoms with Crippen molar-refractivity contribution in [3.8, 4) is 11.4 Å². The number of aryl methyl sites for hydroxylation is 1. The Morgan fingerprint density at radius 1 is 1.12 bits per heavy atom. The zero-order valence-corrected chi connectivity index (χ0v) is 9.33. The van der Waals surface area contributed by atoms with Gasteiger partial charge in [-0.15, -0.1) is 5.10 Å². The van der Waals surface area contributed by atoms with E-state index in [1.165, 1.54) is 0 Å². The van der Waals surface area contributed by atoms with Gasteiger partial charge in [-0.1, -0.05) is 17.3 Å². The zero-order valence-electron chi connectivity index (χ0n) is 9.33. The molecule has 0 amide bonds. The molecule has 0 fully saturated rings. The van der Waals surface area contributed by atoms with Gasteiger partial charge in [0.2, 0.25) is 0 Å². The summed E-state index contributed by atoms with van der Waals surface area (Å²) in [7, 11) is 0. The highest BCUT2D eigenvalue weighted by Gasteiger charge is 2.06. The van der Waals surface area contributed by atoms with E-state index in [1.807, 2.05) is 43.3 Å². The molecule has 0 bridgehead atoms. The quantitative estimate of drug-likeness (QED) is 0.692. The highest BCUT2D eigenvalue weighted by molar-refractivity contribution is 5.75. The second-order valence-electron chi connectivity index (χ2n) is 3.96. The van der Waals surface area contributed by atoms with Crippen molar-refractivity contribution in [3.05, 3.63) is 48.0 Å². The number of aromatic hydroxyl groups is 1. The van der Waals surface area contributed by atoms with Gasteiger partial charge in [0.05, 0.1) is 11.2 Å². The van der Waals surface area contributed by atoms with Crippen LogP contribution in [0.5, 0.6) is 5.75 Å². The molecule has 1 aromatic heterocycles. The standard InChI is InChI=1S/C13H11N3O/c1-9-8-10(6-7-13(9)17)16-12-5-3-2-4-11(12)14-15-16/h2-8,17H,1H3. The molecule has 0 aliphatic rings. The Hall–Kier alpha value is -2.36. The van der Waals surface area contributed by atoms with Crippen molar-refractivity contribution in [1.29, 1.82) is 0 Å². The van der Waals surface area contributed by atoms with Crippen molar-refractivity contribution in [2.45, 2.75) is 6.92 Å². The van der Waals surface area contributed by atoms with Crippen LogP contribution in [0.3, 0.4) is 0 Å². The lowest BCUT2D eigenvalue weighted by Crippen LogP contribution is -1.96. The third kappa shape index (κ3) is 1.54. The van der Waals surface area contributed by atoms with Gasteiger partial charge in [-0.3, -0.25) is 0 Å². The summed E-state index contributed by atoms with van der Waals surface area (Å²) < 4.78 is 1.77. The lowest BCUT2D eigenvalue weighted by Gasteiger charge is -2.04. The van der Waals surface area contributed by atoms with Crippen LogP contribution in [0, 0.1) is 6.92 Å². The van der Waals surface area contributed by atoms with E-state index < -0.39 is 0 Å². The molecule has 0 saturated carbocycles. The van der Waals surface area contributed by atoms with Crippen molar-refractivity contribution in [2.24, 2.45) is 0 Å². The summed E-state index contributed by atoms with van der Waals surface area (Å²) in [6.07, 6.45) is 0. The van der Waals surface area contributed by atoms with Crippen LogP contribution in [0.2, 0.25) is 0 Å². The van der Waals surface area contributed by atoms with Crippen LogP contribution in [0.15, 0.2) is 42.5 Å². The Labute approximate surface area is 98.1 Å². The predicted octanol–water partition coefficient (Wildman–Crippen LogP) is 2.43. The summed E-state index contributed by atoms with van der Waals surface area (Å²) in [5, 5.41) is 17.7. The zero-order chi connectivity index (χ0) is 11.8. The first-order valence-corrected chi connectivity index (χ1v) is 5.36. The molecule has 3 aromatic rings. The minimum atomic E-state index is 0.290.